The number of methoxy groups -OCH3 is 2. The van der Waals surface area contributed by atoms with Gasteiger partial charge in [0.1, 0.15) is 17.6 Å². The average Bonchev–Trinajstić information content (AvgIpc) is 3.47. The average molecular weight is 508 g/mol. The Balaban J connectivity index is 1.43. The Morgan fingerprint density at radius 2 is 2.03 bits per heavy atom. The van der Waals surface area contributed by atoms with Crippen molar-refractivity contribution >= 4 is 33.8 Å². The van der Waals surface area contributed by atoms with Gasteiger partial charge in [0.05, 0.1) is 24.9 Å². The van der Waals surface area contributed by atoms with E-state index in [9.17, 15) is 9.18 Å². The molecule has 2 aliphatic rings. The summed E-state index contributed by atoms with van der Waals surface area (Å²) in [5.74, 6) is 0.880. The second-order valence-electron chi connectivity index (χ2n) is 6.82. The van der Waals surface area contributed by atoms with E-state index in [1.807, 2.05) is 0 Å². The second-order valence-corrected chi connectivity index (χ2v) is 7.61. The summed E-state index contributed by atoms with van der Waals surface area (Å²) in [6.07, 6.45) is 1.40. The highest BCUT2D eigenvalue weighted by atomic mass is 79.9. The van der Waals surface area contributed by atoms with E-state index in [0.29, 0.717) is 33.9 Å². The minimum absolute atomic E-state index is 0.0671. The van der Waals surface area contributed by atoms with Crippen molar-refractivity contribution in [1.29, 1.82) is 0 Å². The van der Waals surface area contributed by atoms with E-state index in [0.717, 1.165) is 5.56 Å². The molecule has 0 saturated heterocycles. The summed E-state index contributed by atoms with van der Waals surface area (Å²) in [5, 5.41) is 7.65. The van der Waals surface area contributed by atoms with Crippen molar-refractivity contribution in [1.82, 2.24) is 5.43 Å². The number of carbonyl (C=O) groups excluding carboxylic acids is 1. The van der Waals surface area contributed by atoms with Crippen LogP contribution in [-0.2, 0) is 16.1 Å². The van der Waals surface area contributed by atoms with E-state index < -0.39 is 17.8 Å². The molecule has 9 nitrogen and oxygen atoms in total. The number of nitrogens with zero attached hydrogens (tertiary/aromatic N) is 2. The maximum atomic E-state index is 13.6. The van der Waals surface area contributed by atoms with Gasteiger partial charge in [-0.1, -0.05) is 23.4 Å². The molecule has 0 fully saturated rings. The number of hydrogen-bond acceptors (Lipinski definition) is 8. The van der Waals surface area contributed by atoms with Crippen molar-refractivity contribution in [2.24, 2.45) is 10.3 Å². The quantitative estimate of drug-likeness (QED) is 0.456. The van der Waals surface area contributed by atoms with Crippen LogP contribution in [0, 0.1) is 5.82 Å². The lowest BCUT2D eigenvalue weighted by Crippen LogP contribution is -2.27. The zero-order chi connectivity index (χ0) is 22.7. The highest BCUT2D eigenvalue weighted by Gasteiger charge is 2.34. The first kappa shape index (κ1) is 21.9. The van der Waals surface area contributed by atoms with Gasteiger partial charge in [0.2, 0.25) is 18.3 Å². The van der Waals surface area contributed by atoms with Crippen molar-refractivity contribution in [3.05, 3.63) is 45.7 Å². The fourth-order valence-electron chi connectivity index (χ4n) is 3.37. The lowest BCUT2D eigenvalue weighted by molar-refractivity contribution is -0.114. The van der Waals surface area contributed by atoms with Crippen LogP contribution in [0.5, 0.6) is 23.0 Å². The Labute approximate surface area is 191 Å². The van der Waals surface area contributed by atoms with Gasteiger partial charge in [0.15, 0.2) is 11.5 Å². The standard InChI is InChI=1S/C21H19BrFN3O6/c1-28-17-13(16(22)18-20(19(17)29-2)31-10-30-18)7-12-8-15(26-32-12)21(27)25-24-9-11-5-3-4-6-14(11)23/h3-6,9,12H,7-8,10H2,1-2H3,(H,25,27)/b24-9-/t12-/m0/s1. The summed E-state index contributed by atoms with van der Waals surface area (Å²) in [6.45, 7) is 0.0671. The number of rotatable bonds is 7. The fraction of sp³-hybridized carbons (Fsp3) is 0.286. The molecule has 32 heavy (non-hydrogen) atoms. The van der Waals surface area contributed by atoms with Gasteiger partial charge in [0.25, 0.3) is 5.91 Å². The molecule has 2 aromatic carbocycles. The second kappa shape index (κ2) is 9.43. The number of ether oxygens (including phenoxy) is 4. The van der Waals surface area contributed by atoms with Crippen LogP contribution >= 0.6 is 15.9 Å². The van der Waals surface area contributed by atoms with Gasteiger partial charge in [-0.15, -0.1) is 0 Å². The summed E-state index contributed by atoms with van der Waals surface area (Å²) < 4.78 is 36.3. The monoisotopic (exact) mass is 507 g/mol. The maximum absolute atomic E-state index is 13.6. The third-order valence-corrected chi connectivity index (χ3v) is 5.71. The van der Waals surface area contributed by atoms with Crippen molar-refractivity contribution in [3.8, 4) is 23.0 Å². The van der Waals surface area contributed by atoms with Crippen LogP contribution in [0.3, 0.4) is 0 Å². The lowest BCUT2D eigenvalue weighted by atomic mass is 10.0. The maximum Gasteiger partial charge on any atom is 0.289 e. The van der Waals surface area contributed by atoms with Gasteiger partial charge in [-0.3, -0.25) is 4.79 Å². The molecule has 168 valence electrons. The predicted molar refractivity (Wildman–Crippen MR) is 116 cm³/mol. The fourth-order valence-corrected chi connectivity index (χ4v) is 4.01. The molecule has 0 spiro atoms. The predicted octanol–water partition coefficient (Wildman–Crippen LogP) is 3.17. The van der Waals surface area contributed by atoms with E-state index >= 15 is 0 Å². The molecule has 11 heteroatoms. The largest absolute Gasteiger partial charge is 0.492 e. The van der Waals surface area contributed by atoms with E-state index in [-0.39, 0.29) is 24.5 Å². The molecule has 4 rings (SSSR count). The highest BCUT2D eigenvalue weighted by molar-refractivity contribution is 9.10. The van der Waals surface area contributed by atoms with Crippen molar-refractivity contribution in [2.45, 2.75) is 18.9 Å². The van der Waals surface area contributed by atoms with E-state index in [2.05, 4.69) is 31.6 Å². The molecule has 0 bridgehead atoms. The van der Waals surface area contributed by atoms with Gasteiger partial charge < -0.3 is 23.8 Å². The summed E-state index contributed by atoms with van der Waals surface area (Å²) in [7, 11) is 3.03. The smallest absolute Gasteiger partial charge is 0.289 e. The van der Waals surface area contributed by atoms with Crippen LogP contribution in [-0.4, -0.2) is 44.9 Å². The van der Waals surface area contributed by atoms with E-state index in [1.54, 1.807) is 18.2 Å². The molecule has 2 aliphatic heterocycles. The number of nitrogens with one attached hydrogen (secondary N) is 1. The Morgan fingerprint density at radius 1 is 1.28 bits per heavy atom. The minimum Gasteiger partial charge on any atom is -0.492 e. The Hall–Kier alpha value is -3.34. The molecule has 0 aromatic heterocycles. The third kappa shape index (κ3) is 4.20. The summed E-state index contributed by atoms with van der Waals surface area (Å²) in [6, 6.07) is 6.09. The van der Waals surface area contributed by atoms with Gasteiger partial charge in [0, 0.05) is 24.0 Å². The van der Waals surface area contributed by atoms with Crippen LogP contribution in [0.25, 0.3) is 0 Å². The minimum atomic E-state index is -0.533. The molecular weight excluding hydrogens is 489 g/mol. The number of halogens is 2. The lowest BCUT2D eigenvalue weighted by Gasteiger charge is -2.18. The van der Waals surface area contributed by atoms with Crippen molar-refractivity contribution in [2.75, 3.05) is 21.0 Å². The van der Waals surface area contributed by atoms with E-state index in [1.165, 1.54) is 26.5 Å². The van der Waals surface area contributed by atoms with Gasteiger partial charge in [-0.25, -0.2) is 9.82 Å². The van der Waals surface area contributed by atoms with Crippen LogP contribution in [0.1, 0.15) is 17.5 Å². The molecule has 1 amide bonds. The normalized spacial score (nSPS) is 16.6. The number of amides is 1. The summed E-state index contributed by atoms with van der Waals surface area (Å²) >= 11 is 3.54. The zero-order valence-corrected chi connectivity index (χ0v) is 18.8. The Morgan fingerprint density at radius 3 is 2.78 bits per heavy atom. The molecule has 0 aliphatic carbocycles. The summed E-state index contributed by atoms with van der Waals surface area (Å²) in [4.78, 5) is 17.8. The van der Waals surface area contributed by atoms with Crippen molar-refractivity contribution in [3.63, 3.8) is 0 Å². The topological polar surface area (TPSA) is 100.0 Å². The first-order valence-electron chi connectivity index (χ1n) is 9.56. The molecule has 0 saturated carbocycles. The van der Waals surface area contributed by atoms with Crippen LogP contribution < -0.4 is 24.4 Å². The number of oxime groups is 1. The van der Waals surface area contributed by atoms with Crippen LogP contribution in [0.4, 0.5) is 4.39 Å². The van der Waals surface area contributed by atoms with E-state index in [4.69, 9.17) is 23.8 Å². The number of benzene rings is 2. The molecule has 2 aromatic rings. The number of hydrogen-bond donors (Lipinski definition) is 1. The Kier molecular flexibility index (Phi) is 6.45. The van der Waals surface area contributed by atoms with Gasteiger partial charge >= 0.3 is 0 Å². The molecule has 0 radical (unpaired) electrons. The molecule has 1 atom stereocenters. The molecule has 1 N–H and O–H groups in total. The van der Waals surface area contributed by atoms with Gasteiger partial charge in [-0.2, -0.15) is 5.10 Å². The first-order chi connectivity index (χ1) is 15.5. The molecule has 0 unspecified atom stereocenters. The van der Waals surface area contributed by atoms with Crippen LogP contribution in [0.15, 0.2) is 39.0 Å². The summed E-state index contributed by atoms with van der Waals surface area (Å²) in [5.41, 5.74) is 3.49. The Bertz CT molecular complexity index is 1110. The zero-order valence-electron chi connectivity index (χ0n) is 17.2. The number of fused-ring (bicyclic) bond motifs is 1. The van der Waals surface area contributed by atoms with Crippen LogP contribution in [0.2, 0.25) is 0 Å². The number of hydrazone groups is 1. The van der Waals surface area contributed by atoms with Gasteiger partial charge in [-0.05, 0) is 22.0 Å². The first-order valence-corrected chi connectivity index (χ1v) is 10.3. The molecule has 2 heterocycles. The molecular formula is C21H19BrFN3O6. The van der Waals surface area contributed by atoms with Crippen molar-refractivity contribution < 1.29 is 33.0 Å². The third-order valence-electron chi connectivity index (χ3n) is 4.87. The SMILES string of the molecule is COc1c(C[C@H]2CC(C(=O)N/N=C\c3ccccc3F)=NO2)c(Br)c2c(c1OC)OCO2. The highest BCUT2D eigenvalue weighted by Crippen LogP contribution is 2.54. The number of carbonyl (C=O) groups is 1.